The van der Waals surface area contributed by atoms with Crippen LogP contribution in [0, 0.1) is 0 Å². The standard InChI is InChI=1S/C10H15NO2/c1-8(12)10-5-3-2-4-9(10)6-7-13-11/h2-5,8,12H,6-7,11H2,1H3. The molecule has 13 heavy (non-hydrogen) atoms. The van der Waals surface area contributed by atoms with Crippen LogP contribution >= 0.6 is 0 Å². The zero-order chi connectivity index (χ0) is 9.68. The normalized spacial score (nSPS) is 12.8. The van der Waals surface area contributed by atoms with E-state index in [1.807, 2.05) is 24.3 Å². The van der Waals surface area contributed by atoms with Gasteiger partial charge >= 0.3 is 0 Å². The molecule has 0 heterocycles. The van der Waals surface area contributed by atoms with Crippen LogP contribution < -0.4 is 5.90 Å². The molecule has 0 aliphatic rings. The summed E-state index contributed by atoms with van der Waals surface area (Å²) in [6.07, 6.45) is 0.298. The van der Waals surface area contributed by atoms with Gasteiger partial charge < -0.3 is 9.94 Å². The van der Waals surface area contributed by atoms with Crippen molar-refractivity contribution in [1.82, 2.24) is 0 Å². The molecule has 3 N–H and O–H groups in total. The second-order valence-electron chi connectivity index (χ2n) is 3.00. The maximum atomic E-state index is 9.43. The summed E-state index contributed by atoms with van der Waals surface area (Å²) in [7, 11) is 0. The molecular weight excluding hydrogens is 166 g/mol. The van der Waals surface area contributed by atoms with Gasteiger partial charge in [-0.05, 0) is 24.5 Å². The molecule has 1 aromatic carbocycles. The topological polar surface area (TPSA) is 55.5 Å². The molecule has 3 nitrogen and oxygen atoms in total. The number of rotatable bonds is 4. The molecule has 0 saturated heterocycles. The van der Waals surface area contributed by atoms with E-state index in [2.05, 4.69) is 4.84 Å². The Morgan fingerprint density at radius 1 is 1.46 bits per heavy atom. The number of hydrogen-bond acceptors (Lipinski definition) is 3. The van der Waals surface area contributed by atoms with Gasteiger partial charge in [-0.3, -0.25) is 0 Å². The van der Waals surface area contributed by atoms with Crippen LogP contribution in [0.2, 0.25) is 0 Å². The Kier molecular flexibility index (Phi) is 3.89. The zero-order valence-electron chi connectivity index (χ0n) is 7.73. The lowest BCUT2D eigenvalue weighted by Gasteiger charge is -2.10. The Morgan fingerprint density at radius 2 is 2.15 bits per heavy atom. The molecule has 1 atom stereocenters. The smallest absolute Gasteiger partial charge is 0.0764 e. The zero-order valence-corrected chi connectivity index (χ0v) is 7.73. The molecule has 0 aromatic heterocycles. The molecule has 0 amide bonds. The van der Waals surface area contributed by atoms with Crippen molar-refractivity contribution in [2.24, 2.45) is 5.90 Å². The molecule has 0 spiro atoms. The first-order chi connectivity index (χ1) is 6.25. The highest BCUT2D eigenvalue weighted by molar-refractivity contribution is 5.28. The summed E-state index contributed by atoms with van der Waals surface area (Å²) in [6.45, 7) is 2.23. The highest BCUT2D eigenvalue weighted by atomic mass is 16.6. The molecule has 3 heteroatoms. The molecular formula is C10H15NO2. The Labute approximate surface area is 78.1 Å². The summed E-state index contributed by atoms with van der Waals surface area (Å²) in [6, 6.07) is 7.74. The maximum Gasteiger partial charge on any atom is 0.0764 e. The lowest BCUT2D eigenvalue weighted by atomic mass is 10.0. The molecule has 0 aliphatic carbocycles. The van der Waals surface area contributed by atoms with E-state index < -0.39 is 6.10 Å². The SMILES string of the molecule is CC(O)c1ccccc1CCON. The quantitative estimate of drug-likeness (QED) is 0.685. The first kappa shape index (κ1) is 10.2. The minimum Gasteiger partial charge on any atom is -0.389 e. The second-order valence-corrected chi connectivity index (χ2v) is 3.00. The number of hydrogen-bond donors (Lipinski definition) is 2. The molecule has 0 saturated carbocycles. The fraction of sp³-hybridized carbons (Fsp3) is 0.400. The third-order valence-corrected chi connectivity index (χ3v) is 1.99. The summed E-state index contributed by atoms with van der Waals surface area (Å²) in [5.74, 6) is 4.94. The third-order valence-electron chi connectivity index (χ3n) is 1.99. The molecule has 1 unspecified atom stereocenters. The Morgan fingerprint density at radius 3 is 2.77 bits per heavy atom. The number of aliphatic hydroxyl groups excluding tert-OH is 1. The lowest BCUT2D eigenvalue weighted by molar-refractivity contribution is 0.140. The van der Waals surface area contributed by atoms with Gasteiger partial charge in [-0.1, -0.05) is 24.3 Å². The Hall–Kier alpha value is -0.900. The first-order valence-corrected chi connectivity index (χ1v) is 4.33. The molecule has 72 valence electrons. The number of benzene rings is 1. The van der Waals surface area contributed by atoms with Crippen molar-refractivity contribution in [3.8, 4) is 0 Å². The van der Waals surface area contributed by atoms with E-state index in [0.717, 1.165) is 17.5 Å². The molecule has 1 aromatic rings. The van der Waals surface area contributed by atoms with Crippen LogP contribution in [-0.2, 0) is 11.3 Å². The highest BCUT2D eigenvalue weighted by Crippen LogP contribution is 2.17. The average molecular weight is 181 g/mol. The van der Waals surface area contributed by atoms with Crippen LogP contribution in [0.3, 0.4) is 0 Å². The summed E-state index contributed by atoms with van der Waals surface area (Å²) in [5, 5.41) is 9.43. The lowest BCUT2D eigenvalue weighted by Crippen LogP contribution is -2.06. The average Bonchev–Trinajstić information content (AvgIpc) is 2.15. The van der Waals surface area contributed by atoms with Gasteiger partial charge in [0.1, 0.15) is 0 Å². The fourth-order valence-electron chi connectivity index (χ4n) is 1.34. The van der Waals surface area contributed by atoms with Crippen molar-refractivity contribution in [2.75, 3.05) is 6.61 Å². The van der Waals surface area contributed by atoms with Crippen molar-refractivity contribution in [3.63, 3.8) is 0 Å². The summed E-state index contributed by atoms with van der Waals surface area (Å²) in [5.41, 5.74) is 2.03. The summed E-state index contributed by atoms with van der Waals surface area (Å²) in [4.78, 5) is 4.50. The van der Waals surface area contributed by atoms with Gasteiger partial charge in [0.15, 0.2) is 0 Å². The van der Waals surface area contributed by atoms with E-state index in [0.29, 0.717) is 6.61 Å². The largest absolute Gasteiger partial charge is 0.389 e. The fourth-order valence-corrected chi connectivity index (χ4v) is 1.34. The van der Waals surface area contributed by atoms with E-state index in [-0.39, 0.29) is 0 Å². The third kappa shape index (κ3) is 2.81. The monoisotopic (exact) mass is 181 g/mol. The van der Waals surface area contributed by atoms with Gasteiger partial charge in [0.25, 0.3) is 0 Å². The number of nitrogens with two attached hydrogens (primary N) is 1. The first-order valence-electron chi connectivity index (χ1n) is 4.33. The molecule has 1 rings (SSSR count). The van der Waals surface area contributed by atoms with Gasteiger partial charge in [-0.2, -0.15) is 0 Å². The van der Waals surface area contributed by atoms with Gasteiger partial charge in [-0.15, -0.1) is 0 Å². The predicted molar refractivity (Wildman–Crippen MR) is 50.9 cm³/mol. The van der Waals surface area contributed by atoms with E-state index >= 15 is 0 Å². The second kappa shape index (κ2) is 4.97. The van der Waals surface area contributed by atoms with Crippen molar-refractivity contribution in [1.29, 1.82) is 0 Å². The van der Waals surface area contributed by atoms with Gasteiger partial charge in [-0.25, -0.2) is 5.90 Å². The number of aliphatic hydroxyl groups is 1. The molecule has 0 aliphatic heterocycles. The van der Waals surface area contributed by atoms with Crippen LogP contribution in [0.4, 0.5) is 0 Å². The Balaban J connectivity index is 2.78. The van der Waals surface area contributed by atoms with E-state index in [9.17, 15) is 5.11 Å². The molecule has 0 fully saturated rings. The van der Waals surface area contributed by atoms with E-state index in [1.54, 1.807) is 6.92 Å². The van der Waals surface area contributed by atoms with Crippen LogP contribution in [0.5, 0.6) is 0 Å². The van der Waals surface area contributed by atoms with E-state index in [1.165, 1.54) is 0 Å². The molecule has 0 bridgehead atoms. The predicted octanol–water partition coefficient (Wildman–Crippen LogP) is 1.17. The summed E-state index contributed by atoms with van der Waals surface area (Å²) >= 11 is 0. The van der Waals surface area contributed by atoms with Crippen LogP contribution in [-0.4, -0.2) is 11.7 Å². The summed E-state index contributed by atoms with van der Waals surface area (Å²) < 4.78 is 0. The van der Waals surface area contributed by atoms with Crippen LogP contribution in [0.1, 0.15) is 24.2 Å². The van der Waals surface area contributed by atoms with Crippen LogP contribution in [0.25, 0.3) is 0 Å². The van der Waals surface area contributed by atoms with Crippen molar-refractivity contribution < 1.29 is 9.94 Å². The Bertz CT molecular complexity index is 261. The van der Waals surface area contributed by atoms with Gasteiger partial charge in [0.2, 0.25) is 0 Å². The van der Waals surface area contributed by atoms with Crippen molar-refractivity contribution >= 4 is 0 Å². The van der Waals surface area contributed by atoms with Gasteiger partial charge in [0.05, 0.1) is 12.7 Å². The van der Waals surface area contributed by atoms with E-state index in [4.69, 9.17) is 5.90 Å². The van der Waals surface area contributed by atoms with Gasteiger partial charge in [0, 0.05) is 0 Å². The van der Waals surface area contributed by atoms with Crippen molar-refractivity contribution in [3.05, 3.63) is 35.4 Å². The minimum absolute atomic E-state index is 0.436. The minimum atomic E-state index is -0.436. The molecule has 0 radical (unpaired) electrons. The van der Waals surface area contributed by atoms with Crippen LogP contribution in [0.15, 0.2) is 24.3 Å². The maximum absolute atomic E-state index is 9.43. The van der Waals surface area contributed by atoms with Crippen molar-refractivity contribution in [2.45, 2.75) is 19.4 Å². The highest BCUT2D eigenvalue weighted by Gasteiger charge is 2.05.